The van der Waals surface area contributed by atoms with E-state index in [0.717, 1.165) is 11.3 Å². The second-order valence-electron chi connectivity index (χ2n) is 8.56. The SMILES string of the molecule is CC(C)C.O=C(CNC(=O)c1cc2cccc(Cl)c2[nH]1)N[C@@H](C[C@@H]1CCNC1=O)C(=O)CO. The van der Waals surface area contributed by atoms with Crippen LogP contribution in [0.3, 0.4) is 0 Å². The van der Waals surface area contributed by atoms with Gasteiger partial charge in [0.05, 0.1) is 23.1 Å². The highest BCUT2D eigenvalue weighted by Crippen LogP contribution is 2.23. The van der Waals surface area contributed by atoms with Gasteiger partial charge in [-0.15, -0.1) is 0 Å². The van der Waals surface area contributed by atoms with E-state index in [4.69, 9.17) is 16.7 Å². The molecule has 1 aliphatic rings. The third kappa shape index (κ3) is 7.87. The van der Waals surface area contributed by atoms with E-state index in [2.05, 4.69) is 41.7 Å². The fraction of sp³-hybridized carbons (Fsp3) is 0.478. The number of para-hydroxylation sites is 1. The largest absolute Gasteiger partial charge is 0.389 e. The number of hydrogen-bond acceptors (Lipinski definition) is 5. The van der Waals surface area contributed by atoms with Crippen molar-refractivity contribution in [2.24, 2.45) is 11.8 Å². The summed E-state index contributed by atoms with van der Waals surface area (Å²) in [5, 5.41) is 18.0. The Morgan fingerprint density at radius 3 is 2.52 bits per heavy atom. The van der Waals surface area contributed by atoms with Crippen LogP contribution in [-0.2, 0) is 14.4 Å². The molecule has 0 spiro atoms. The van der Waals surface area contributed by atoms with Gasteiger partial charge in [0.2, 0.25) is 11.8 Å². The van der Waals surface area contributed by atoms with Crippen molar-refractivity contribution >= 4 is 46.0 Å². The summed E-state index contributed by atoms with van der Waals surface area (Å²) in [7, 11) is 0. The summed E-state index contributed by atoms with van der Waals surface area (Å²) in [6.07, 6.45) is 0.662. The van der Waals surface area contributed by atoms with Gasteiger partial charge in [-0.3, -0.25) is 19.2 Å². The third-order valence-corrected chi connectivity index (χ3v) is 5.14. The molecular weight excluding hydrogens is 448 g/mol. The minimum Gasteiger partial charge on any atom is -0.389 e. The maximum absolute atomic E-state index is 12.3. The van der Waals surface area contributed by atoms with Gasteiger partial charge in [0.25, 0.3) is 5.91 Å². The molecule has 1 aromatic carbocycles. The van der Waals surface area contributed by atoms with E-state index in [1.165, 1.54) is 0 Å². The van der Waals surface area contributed by atoms with Crippen LogP contribution in [0, 0.1) is 11.8 Å². The van der Waals surface area contributed by atoms with Crippen LogP contribution in [0.15, 0.2) is 24.3 Å². The van der Waals surface area contributed by atoms with Crippen LogP contribution in [-0.4, -0.2) is 59.3 Å². The van der Waals surface area contributed by atoms with Crippen molar-refractivity contribution in [2.75, 3.05) is 19.7 Å². The topological polar surface area (TPSA) is 140 Å². The van der Waals surface area contributed by atoms with Crippen molar-refractivity contribution in [3.63, 3.8) is 0 Å². The Kier molecular flexibility index (Phi) is 9.87. The standard InChI is InChI=1S/C19H21ClN4O5.C4H10/c20-12-3-1-2-10-6-14(24-17(10)12)19(29)22-8-16(27)23-13(15(26)9-25)7-11-4-5-21-18(11)28;1-4(2)3/h1-3,6,11,13,24-25H,4-5,7-9H2,(H,21,28)(H,22,29)(H,23,27);4H,1-3H3/t11-,13-;/m0./s1. The number of aliphatic hydroxyl groups is 1. The first-order valence-electron chi connectivity index (χ1n) is 10.9. The Hall–Kier alpha value is -2.91. The summed E-state index contributed by atoms with van der Waals surface area (Å²) in [6, 6.07) is 5.87. The molecule has 9 nitrogen and oxygen atoms in total. The average Bonchev–Trinajstić information content (AvgIpc) is 3.37. The third-order valence-electron chi connectivity index (χ3n) is 4.82. The number of aromatic amines is 1. The van der Waals surface area contributed by atoms with Crippen molar-refractivity contribution in [1.82, 2.24) is 20.9 Å². The van der Waals surface area contributed by atoms with E-state index in [0.29, 0.717) is 23.5 Å². The lowest BCUT2D eigenvalue weighted by Gasteiger charge is -2.19. The number of Topliss-reactive ketones (excluding diaryl/α,β-unsaturated/α-hetero) is 1. The predicted octanol–water partition coefficient (Wildman–Crippen LogP) is 1.79. The zero-order valence-electron chi connectivity index (χ0n) is 19.0. The van der Waals surface area contributed by atoms with E-state index in [1.54, 1.807) is 24.3 Å². The monoisotopic (exact) mass is 478 g/mol. The number of carbonyl (C=O) groups is 4. The van der Waals surface area contributed by atoms with Crippen LogP contribution in [0.1, 0.15) is 44.1 Å². The quantitative estimate of drug-likeness (QED) is 0.393. The molecule has 2 aromatic rings. The zero-order valence-corrected chi connectivity index (χ0v) is 19.8. The second-order valence-corrected chi connectivity index (χ2v) is 8.97. The van der Waals surface area contributed by atoms with Gasteiger partial charge in [0.15, 0.2) is 5.78 Å². The molecule has 3 rings (SSSR count). The van der Waals surface area contributed by atoms with Crippen molar-refractivity contribution in [1.29, 1.82) is 0 Å². The van der Waals surface area contributed by atoms with Crippen molar-refractivity contribution in [2.45, 2.75) is 39.7 Å². The number of carbonyl (C=O) groups excluding carboxylic acids is 4. The molecule has 1 saturated heterocycles. The Labute approximate surface area is 197 Å². The number of aliphatic hydroxyl groups excluding tert-OH is 1. The van der Waals surface area contributed by atoms with E-state index in [9.17, 15) is 19.2 Å². The fourth-order valence-corrected chi connectivity index (χ4v) is 3.51. The number of benzene rings is 1. The first-order chi connectivity index (χ1) is 15.6. The number of fused-ring (bicyclic) bond motifs is 1. The highest BCUT2D eigenvalue weighted by Gasteiger charge is 2.31. The summed E-state index contributed by atoms with van der Waals surface area (Å²) in [4.78, 5) is 51.0. The Bertz CT molecular complexity index is 1000. The molecule has 1 fully saturated rings. The summed E-state index contributed by atoms with van der Waals surface area (Å²) >= 11 is 6.08. The first kappa shape index (κ1) is 26.3. The van der Waals surface area contributed by atoms with E-state index in [-0.39, 0.29) is 24.6 Å². The number of aromatic nitrogens is 1. The van der Waals surface area contributed by atoms with Crippen LogP contribution < -0.4 is 16.0 Å². The van der Waals surface area contributed by atoms with Crippen molar-refractivity contribution < 1.29 is 24.3 Å². The molecule has 3 amide bonds. The summed E-state index contributed by atoms with van der Waals surface area (Å²) in [5.74, 6) is -1.44. The fourth-order valence-electron chi connectivity index (χ4n) is 3.28. The summed E-state index contributed by atoms with van der Waals surface area (Å²) in [6.45, 7) is 5.90. The Morgan fingerprint density at radius 2 is 1.94 bits per heavy atom. The molecule has 33 heavy (non-hydrogen) atoms. The predicted molar refractivity (Wildman–Crippen MR) is 126 cm³/mol. The van der Waals surface area contributed by atoms with Gasteiger partial charge in [-0.05, 0) is 30.9 Å². The molecule has 0 unspecified atom stereocenters. The van der Waals surface area contributed by atoms with Crippen molar-refractivity contribution in [3.8, 4) is 0 Å². The molecule has 5 N–H and O–H groups in total. The number of rotatable bonds is 8. The molecule has 2 atom stereocenters. The molecule has 180 valence electrons. The lowest BCUT2D eigenvalue weighted by atomic mass is 9.96. The summed E-state index contributed by atoms with van der Waals surface area (Å²) < 4.78 is 0. The van der Waals surface area contributed by atoms with Gasteiger partial charge < -0.3 is 26.0 Å². The maximum Gasteiger partial charge on any atom is 0.268 e. The smallest absolute Gasteiger partial charge is 0.268 e. The molecule has 10 heteroatoms. The number of hydrogen-bond donors (Lipinski definition) is 5. The molecular formula is C23H31ClN4O5. The minimum absolute atomic E-state index is 0.103. The minimum atomic E-state index is -0.995. The Balaban J connectivity index is 0.000000890. The van der Waals surface area contributed by atoms with Gasteiger partial charge in [-0.2, -0.15) is 0 Å². The van der Waals surface area contributed by atoms with E-state index >= 15 is 0 Å². The lowest BCUT2D eigenvalue weighted by molar-refractivity contribution is -0.130. The molecule has 0 aliphatic carbocycles. The molecule has 0 radical (unpaired) electrons. The number of ketones is 1. The first-order valence-corrected chi connectivity index (χ1v) is 11.3. The highest BCUT2D eigenvalue weighted by atomic mass is 35.5. The van der Waals surface area contributed by atoms with Crippen molar-refractivity contribution in [3.05, 3.63) is 35.0 Å². The van der Waals surface area contributed by atoms with E-state index in [1.807, 2.05) is 0 Å². The number of halogens is 1. The van der Waals surface area contributed by atoms with Gasteiger partial charge in [0.1, 0.15) is 12.3 Å². The maximum atomic E-state index is 12.3. The molecule has 0 saturated carbocycles. The van der Waals surface area contributed by atoms with Gasteiger partial charge in [-0.25, -0.2) is 0 Å². The van der Waals surface area contributed by atoms with Crippen LogP contribution in [0.2, 0.25) is 5.02 Å². The number of amides is 3. The normalized spacial score (nSPS) is 16.1. The zero-order chi connectivity index (χ0) is 24.5. The van der Waals surface area contributed by atoms with Crippen LogP contribution in [0.25, 0.3) is 10.9 Å². The number of nitrogens with one attached hydrogen (secondary N) is 4. The average molecular weight is 479 g/mol. The van der Waals surface area contributed by atoms with Gasteiger partial charge in [0, 0.05) is 17.8 Å². The number of H-pyrrole nitrogens is 1. The lowest BCUT2D eigenvalue weighted by Crippen LogP contribution is -2.47. The van der Waals surface area contributed by atoms with E-state index < -0.39 is 36.2 Å². The van der Waals surface area contributed by atoms with Crippen LogP contribution >= 0.6 is 11.6 Å². The Morgan fingerprint density at radius 1 is 1.24 bits per heavy atom. The molecule has 2 heterocycles. The van der Waals surface area contributed by atoms with Crippen LogP contribution in [0.4, 0.5) is 0 Å². The summed E-state index contributed by atoms with van der Waals surface area (Å²) in [5.41, 5.74) is 0.860. The highest BCUT2D eigenvalue weighted by molar-refractivity contribution is 6.35. The second kappa shape index (κ2) is 12.4. The molecule has 1 aliphatic heterocycles. The van der Waals surface area contributed by atoms with Gasteiger partial charge >= 0.3 is 0 Å². The van der Waals surface area contributed by atoms with Gasteiger partial charge in [-0.1, -0.05) is 44.5 Å². The van der Waals surface area contributed by atoms with Crippen LogP contribution in [0.5, 0.6) is 0 Å². The molecule has 1 aromatic heterocycles. The molecule has 0 bridgehead atoms.